The first kappa shape index (κ1) is 7.65. The first-order valence-corrected chi connectivity index (χ1v) is 4.14. The Bertz CT molecular complexity index is 406. The van der Waals surface area contributed by atoms with E-state index < -0.39 is 0 Å². The SMILES string of the molecule is NCc1cc(Cl)c2[nH]ccc2c1. The molecule has 1 heterocycles. The molecule has 0 amide bonds. The van der Waals surface area contributed by atoms with Crippen molar-refractivity contribution in [2.24, 2.45) is 5.73 Å². The van der Waals surface area contributed by atoms with Crippen LogP contribution in [0.1, 0.15) is 5.56 Å². The molecule has 0 aliphatic rings. The van der Waals surface area contributed by atoms with Crippen LogP contribution in [0, 0.1) is 0 Å². The van der Waals surface area contributed by atoms with Crippen LogP contribution < -0.4 is 5.73 Å². The molecular formula is C9H9ClN2. The van der Waals surface area contributed by atoms with Crippen LogP contribution >= 0.6 is 11.6 Å². The van der Waals surface area contributed by atoms with Crippen molar-refractivity contribution in [2.75, 3.05) is 0 Å². The second-order valence-electron chi connectivity index (χ2n) is 2.72. The molecule has 1 aromatic heterocycles. The number of halogens is 1. The maximum Gasteiger partial charge on any atom is 0.0650 e. The molecule has 2 nitrogen and oxygen atoms in total. The zero-order chi connectivity index (χ0) is 8.55. The van der Waals surface area contributed by atoms with Gasteiger partial charge in [-0.25, -0.2) is 0 Å². The molecule has 3 N–H and O–H groups in total. The van der Waals surface area contributed by atoms with Crippen LogP contribution in [0.3, 0.4) is 0 Å². The smallest absolute Gasteiger partial charge is 0.0650 e. The molecule has 0 saturated heterocycles. The van der Waals surface area contributed by atoms with Gasteiger partial charge in [-0.05, 0) is 23.8 Å². The summed E-state index contributed by atoms with van der Waals surface area (Å²) in [6, 6.07) is 5.92. The standard InChI is InChI=1S/C9H9ClN2/c10-8-4-6(5-11)3-7-1-2-12-9(7)8/h1-4,12H,5,11H2. The second kappa shape index (κ2) is 2.81. The van der Waals surface area contributed by atoms with E-state index in [1.165, 1.54) is 0 Å². The molecule has 0 saturated carbocycles. The quantitative estimate of drug-likeness (QED) is 0.695. The highest BCUT2D eigenvalue weighted by Gasteiger charge is 2.01. The molecule has 3 heteroatoms. The Morgan fingerprint density at radius 2 is 2.25 bits per heavy atom. The molecule has 2 aromatic rings. The van der Waals surface area contributed by atoms with E-state index >= 15 is 0 Å². The summed E-state index contributed by atoms with van der Waals surface area (Å²) in [5.74, 6) is 0. The molecule has 0 atom stereocenters. The Labute approximate surface area is 75.3 Å². The minimum Gasteiger partial charge on any atom is -0.360 e. The number of benzene rings is 1. The Hall–Kier alpha value is -0.990. The van der Waals surface area contributed by atoms with E-state index in [-0.39, 0.29) is 0 Å². The van der Waals surface area contributed by atoms with Crippen LogP contribution in [0.2, 0.25) is 5.02 Å². The summed E-state index contributed by atoms with van der Waals surface area (Å²) in [6.45, 7) is 0.529. The largest absolute Gasteiger partial charge is 0.360 e. The maximum absolute atomic E-state index is 6.00. The topological polar surface area (TPSA) is 41.8 Å². The average Bonchev–Trinajstić information content (AvgIpc) is 2.52. The van der Waals surface area contributed by atoms with Crippen molar-refractivity contribution >= 4 is 22.5 Å². The van der Waals surface area contributed by atoms with Crippen molar-refractivity contribution in [1.82, 2.24) is 4.98 Å². The van der Waals surface area contributed by atoms with Crippen LogP contribution in [-0.4, -0.2) is 4.98 Å². The predicted octanol–water partition coefficient (Wildman–Crippen LogP) is 2.28. The molecule has 0 aliphatic carbocycles. The Morgan fingerprint density at radius 1 is 1.42 bits per heavy atom. The third kappa shape index (κ3) is 1.09. The molecule has 0 radical (unpaired) electrons. The van der Waals surface area contributed by atoms with Crippen LogP contribution in [0.25, 0.3) is 10.9 Å². The van der Waals surface area contributed by atoms with Crippen LogP contribution in [-0.2, 0) is 6.54 Å². The minimum absolute atomic E-state index is 0.529. The fourth-order valence-electron chi connectivity index (χ4n) is 1.30. The summed E-state index contributed by atoms with van der Waals surface area (Å²) in [5.41, 5.74) is 7.55. The minimum atomic E-state index is 0.529. The highest BCUT2D eigenvalue weighted by molar-refractivity contribution is 6.35. The molecule has 0 bridgehead atoms. The number of aromatic amines is 1. The summed E-state index contributed by atoms with van der Waals surface area (Å²) in [4.78, 5) is 3.07. The van der Waals surface area contributed by atoms with Gasteiger partial charge in [0.1, 0.15) is 0 Å². The molecule has 0 spiro atoms. The number of aromatic nitrogens is 1. The van der Waals surface area contributed by atoms with E-state index in [0.29, 0.717) is 6.54 Å². The molecule has 1 aromatic carbocycles. The molecule has 0 unspecified atom stereocenters. The third-order valence-corrected chi connectivity index (χ3v) is 2.20. The van der Waals surface area contributed by atoms with E-state index in [0.717, 1.165) is 21.5 Å². The number of nitrogens with two attached hydrogens (primary N) is 1. The lowest BCUT2D eigenvalue weighted by Crippen LogP contribution is -1.95. The summed E-state index contributed by atoms with van der Waals surface area (Å²) in [7, 11) is 0. The number of hydrogen-bond acceptors (Lipinski definition) is 1. The van der Waals surface area contributed by atoms with Gasteiger partial charge in [0.25, 0.3) is 0 Å². The third-order valence-electron chi connectivity index (χ3n) is 1.91. The normalized spacial score (nSPS) is 10.8. The zero-order valence-corrected chi connectivity index (χ0v) is 7.23. The van der Waals surface area contributed by atoms with E-state index in [2.05, 4.69) is 4.98 Å². The number of nitrogens with one attached hydrogen (secondary N) is 1. The lowest BCUT2D eigenvalue weighted by Gasteiger charge is -1.98. The summed E-state index contributed by atoms with van der Waals surface area (Å²) in [6.07, 6.45) is 1.87. The number of rotatable bonds is 1. The zero-order valence-electron chi connectivity index (χ0n) is 6.47. The van der Waals surface area contributed by atoms with Crippen molar-refractivity contribution in [3.63, 3.8) is 0 Å². The fourth-order valence-corrected chi connectivity index (χ4v) is 1.61. The van der Waals surface area contributed by atoms with Crippen molar-refractivity contribution in [3.8, 4) is 0 Å². The molecule has 12 heavy (non-hydrogen) atoms. The van der Waals surface area contributed by atoms with Crippen LogP contribution in [0.5, 0.6) is 0 Å². The van der Waals surface area contributed by atoms with E-state index in [9.17, 15) is 0 Å². The van der Waals surface area contributed by atoms with Crippen LogP contribution in [0.15, 0.2) is 24.4 Å². The van der Waals surface area contributed by atoms with Gasteiger partial charge in [0, 0.05) is 18.1 Å². The lowest BCUT2D eigenvalue weighted by molar-refractivity contribution is 1.08. The van der Waals surface area contributed by atoms with Gasteiger partial charge >= 0.3 is 0 Å². The maximum atomic E-state index is 6.00. The number of H-pyrrole nitrogens is 1. The highest BCUT2D eigenvalue weighted by Crippen LogP contribution is 2.23. The first-order chi connectivity index (χ1) is 5.81. The van der Waals surface area contributed by atoms with E-state index in [1.54, 1.807) is 0 Å². The van der Waals surface area contributed by atoms with Gasteiger partial charge in [-0.3, -0.25) is 0 Å². The second-order valence-corrected chi connectivity index (χ2v) is 3.13. The van der Waals surface area contributed by atoms with Crippen molar-refractivity contribution in [3.05, 3.63) is 35.0 Å². The van der Waals surface area contributed by atoms with Gasteiger partial charge in [-0.15, -0.1) is 0 Å². The van der Waals surface area contributed by atoms with Crippen molar-refractivity contribution in [2.45, 2.75) is 6.54 Å². The van der Waals surface area contributed by atoms with Gasteiger partial charge < -0.3 is 10.7 Å². The van der Waals surface area contributed by atoms with Gasteiger partial charge in [-0.1, -0.05) is 11.6 Å². The van der Waals surface area contributed by atoms with Gasteiger partial charge in [0.05, 0.1) is 10.5 Å². The highest BCUT2D eigenvalue weighted by atomic mass is 35.5. The van der Waals surface area contributed by atoms with Gasteiger partial charge in [-0.2, -0.15) is 0 Å². The first-order valence-electron chi connectivity index (χ1n) is 3.77. The Kier molecular flexibility index (Phi) is 1.79. The Balaban J connectivity index is 2.75. The predicted molar refractivity (Wildman–Crippen MR) is 51.2 cm³/mol. The van der Waals surface area contributed by atoms with E-state index in [1.807, 2.05) is 24.4 Å². The Morgan fingerprint density at radius 3 is 3.00 bits per heavy atom. The summed E-state index contributed by atoms with van der Waals surface area (Å²) in [5, 5.41) is 1.85. The summed E-state index contributed by atoms with van der Waals surface area (Å²) >= 11 is 6.00. The van der Waals surface area contributed by atoms with Crippen molar-refractivity contribution < 1.29 is 0 Å². The van der Waals surface area contributed by atoms with Crippen LogP contribution in [0.4, 0.5) is 0 Å². The molecule has 0 fully saturated rings. The monoisotopic (exact) mass is 180 g/mol. The van der Waals surface area contributed by atoms with Crippen molar-refractivity contribution in [1.29, 1.82) is 0 Å². The molecule has 62 valence electrons. The molecule has 2 rings (SSSR count). The van der Waals surface area contributed by atoms with Gasteiger partial charge in [0.2, 0.25) is 0 Å². The average molecular weight is 181 g/mol. The number of hydrogen-bond donors (Lipinski definition) is 2. The lowest BCUT2D eigenvalue weighted by atomic mass is 10.1. The van der Waals surface area contributed by atoms with Gasteiger partial charge in [0.15, 0.2) is 0 Å². The molecular weight excluding hydrogens is 172 g/mol. The fraction of sp³-hybridized carbons (Fsp3) is 0.111. The summed E-state index contributed by atoms with van der Waals surface area (Å²) < 4.78 is 0. The number of fused-ring (bicyclic) bond motifs is 1. The molecule has 0 aliphatic heterocycles. The van der Waals surface area contributed by atoms with E-state index in [4.69, 9.17) is 17.3 Å².